The summed E-state index contributed by atoms with van der Waals surface area (Å²) in [6, 6.07) is 1.67. The molecule has 0 spiro atoms. The SMILES string of the molecule is CC(C)(C)OC(=O)N(C(=O)OC(C)(C)C)c1ncc([C@@H]2CC[C@H](O)C2)cc1Cl. The molecule has 0 aliphatic heterocycles. The predicted molar refractivity (Wildman–Crippen MR) is 107 cm³/mol. The van der Waals surface area contributed by atoms with E-state index in [0.29, 0.717) is 11.3 Å². The minimum atomic E-state index is -0.916. The van der Waals surface area contributed by atoms with Crippen LogP contribution >= 0.6 is 11.6 Å². The Morgan fingerprint density at radius 1 is 1.11 bits per heavy atom. The number of halogens is 1. The number of aliphatic hydroxyl groups is 1. The van der Waals surface area contributed by atoms with Crippen LogP contribution in [0.5, 0.6) is 0 Å². The van der Waals surface area contributed by atoms with Gasteiger partial charge in [-0.05, 0) is 78.4 Å². The van der Waals surface area contributed by atoms with E-state index >= 15 is 0 Å². The fraction of sp³-hybridized carbons (Fsp3) is 0.650. The zero-order chi connectivity index (χ0) is 21.3. The van der Waals surface area contributed by atoms with Gasteiger partial charge in [-0.2, -0.15) is 4.90 Å². The van der Waals surface area contributed by atoms with E-state index in [1.54, 1.807) is 53.8 Å². The van der Waals surface area contributed by atoms with Crippen molar-refractivity contribution in [2.45, 2.75) is 84.0 Å². The summed E-state index contributed by atoms with van der Waals surface area (Å²) in [4.78, 5) is 30.4. The van der Waals surface area contributed by atoms with Gasteiger partial charge in [-0.3, -0.25) is 0 Å². The Kier molecular flexibility index (Phi) is 6.61. The third-order valence-corrected chi connectivity index (χ3v) is 4.36. The number of hydrogen-bond acceptors (Lipinski definition) is 6. The summed E-state index contributed by atoms with van der Waals surface area (Å²) in [5.74, 6) is 0.0954. The number of carbonyl (C=O) groups excluding carboxylic acids is 2. The lowest BCUT2D eigenvalue weighted by Crippen LogP contribution is -2.44. The maximum atomic E-state index is 12.7. The number of ether oxygens (including phenoxy) is 2. The van der Waals surface area contributed by atoms with Gasteiger partial charge in [0, 0.05) is 6.20 Å². The smallest absolute Gasteiger partial charge is 0.425 e. The molecule has 28 heavy (non-hydrogen) atoms. The van der Waals surface area contributed by atoms with E-state index < -0.39 is 23.4 Å². The minimum Gasteiger partial charge on any atom is -0.443 e. The van der Waals surface area contributed by atoms with Crippen LogP contribution in [-0.4, -0.2) is 39.6 Å². The lowest BCUT2D eigenvalue weighted by atomic mass is 9.99. The molecule has 0 aromatic carbocycles. The molecule has 1 aliphatic rings. The van der Waals surface area contributed by atoms with E-state index in [4.69, 9.17) is 21.1 Å². The van der Waals surface area contributed by atoms with Crippen molar-refractivity contribution < 1.29 is 24.2 Å². The number of nitrogens with zero attached hydrogens (tertiary/aromatic N) is 2. The highest BCUT2D eigenvalue weighted by molar-refractivity contribution is 6.34. The maximum Gasteiger partial charge on any atom is 0.425 e. The minimum absolute atomic E-state index is 0.0486. The summed E-state index contributed by atoms with van der Waals surface area (Å²) in [5, 5.41) is 9.89. The molecule has 2 amide bonds. The molecule has 1 aromatic heterocycles. The highest BCUT2D eigenvalue weighted by Crippen LogP contribution is 2.37. The highest BCUT2D eigenvalue weighted by atomic mass is 35.5. The Labute approximate surface area is 171 Å². The molecular weight excluding hydrogens is 384 g/mol. The van der Waals surface area contributed by atoms with Gasteiger partial charge in [-0.15, -0.1) is 0 Å². The van der Waals surface area contributed by atoms with Crippen LogP contribution in [0, 0.1) is 0 Å². The van der Waals surface area contributed by atoms with Crippen LogP contribution in [0.15, 0.2) is 12.3 Å². The molecule has 1 heterocycles. The Morgan fingerprint density at radius 3 is 2.04 bits per heavy atom. The molecule has 7 nitrogen and oxygen atoms in total. The van der Waals surface area contributed by atoms with E-state index in [2.05, 4.69) is 4.98 Å². The lowest BCUT2D eigenvalue weighted by Gasteiger charge is -2.28. The maximum absolute atomic E-state index is 12.7. The van der Waals surface area contributed by atoms with E-state index in [1.807, 2.05) is 0 Å². The predicted octanol–water partition coefficient (Wildman–Crippen LogP) is 5.04. The summed E-state index contributed by atoms with van der Waals surface area (Å²) in [6.07, 6.45) is 1.61. The average molecular weight is 413 g/mol. The van der Waals surface area contributed by atoms with Crippen molar-refractivity contribution in [1.82, 2.24) is 4.98 Å². The summed E-state index contributed by atoms with van der Waals surface area (Å²) in [5.41, 5.74) is -0.772. The van der Waals surface area contributed by atoms with Crippen LogP contribution in [0.3, 0.4) is 0 Å². The summed E-state index contributed by atoms with van der Waals surface area (Å²) >= 11 is 6.39. The number of pyridine rings is 1. The molecule has 0 bridgehead atoms. The van der Waals surface area contributed by atoms with Gasteiger partial charge in [0.05, 0.1) is 11.1 Å². The Bertz CT molecular complexity index is 711. The fourth-order valence-corrected chi connectivity index (χ4v) is 3.22. The van der Waals surface area contributed by atoms with Crippen molar-refractivity contribution in [3.63, 3.8) is 0 Å². The molecule has 1 aromatic rings. The second-order valence-electron chi connectivity index (χ2n) is 9.03. The molecule has 0 unspecified atom stereocenters. The third-order valence-electron chi connectivity index (χ3n) is 4.08. The first-order valence-corrected chi connectivity index (χ1v) is 9.74. The molecule has 2 atom stereocenters. The molecule has 1 saturated carbocycles. The monoisotopic (exact) mass is 412 g/mol. The fourth-order valence-electron chi connectivity index (χ4n) is 2.96. The molecule has 1 fully saturated rings. The molecule has 8 heteroatoms. The second-order valence-corrected chi connectivity index (χ2v) is 9.44. The van der Waals surface area contributed by atoms with Crippen molar-refractivity contribution in [3.8, 4) is 0 Å². The number of aliphatic hydroxyl groups excluding tert-OH is 1. The van der Waals surface area contributed by atoms with Crippen LogP contribution in [0.4, 0.5) is 15.4 Å². The topological polar surface area (TPSA) is 89.0 Å². The molecule has 0 saturated heterocycles. The van der Waals surface area contributed by atoms with Gasteiger partial charge in [0.25, 0.3) is 0 Å². The number of aromatic nitrogens is 1. The first kappa shape index (κ1) is 22.4. The molecule has 0 radical (unpaired) electrons. The summed E-state index contributed by atoms with van der Waals surface area (Å²) in [7, 11) is 0. The van der Waals surface area contributed by atoms with Gasteiger partial charge in [0.1, 0.15) is 11.2 Å². The van der Waals surface area contributed by atoms with E-state index in [0.717, 1.165) is 18.4 Å². The first-order valence-electron chi connectivity index (χ1n) is 9.36. The van der Waals surface area contributed by atoms with Crippen molar-refractivity contribution in [3.05, 3.63) is 22.8 Å². The van der Waals surface area contributed by atoms with Gasteiger partial charge in [-0.25, -0.2) is 14.6 Å². The largest absolute Gasteiger partial charge is 0.443 e. The third kappa shape index (κ3) is 6.07. The van der Waals surface area contributed by atoms with Crippen LogP contribution in [0.2, 0.25) is 5.02 Å². The highest BCUT2D eigenvalue weighted by Gasteiger charge is 2.35. The second kappa shape index (κ2) is 8.25. The van der Waals surface area contributed by atoms with Crippen molar-refractivity contribution in [1.29, 1.82) is 0 Å². The van der Waals surface area contributed by atoms with E-state index in [9.17, 15) is 14.7 Å². The van der Waals surface area contributed by atoms with Crippen LogP contribution in [0.1, 0.15) is 72.3 Å². The van der Waals surface area contributed by atoms with Gasteiger partial charge in [0.2, 0.25) is 0 Å². The zero-order valence-corrected chi connectivity index (χ0v) is 18.0. The number of imide groups is 1. The normalized spacial score (nSPS) is 20.0. The average Bonchev–Trinajstić information content (AvgIpc) is 2.92. The van der Waals surface area contributed by atoms with E-state index in [1.165, 1.54) is 0 Å². The molecule has 1 aliphatic carbocycles. The molecule has 1 N–H and O–H groups in total. The van der Waals surface area contributed by atoms with Crippen LogP contribution < -0.4 is 4.90 Å². The zero-order valence-electron chi connectivity index (χ0n) is 17.3. The number of amides is 2. The Hall–Kier alpha value is -1.86. The van der Waals surface area contributed by atoms with E-state index in [-0.39, 0.29) is 22.9 Å². The summed E-state index contributed by atoms with van der Waals surface area (Å²) < 4.78 is 10.7. The number of anilines is 1. The van der Waals surface area contributed by atoms with Crippen molar-refractivity contribution in [2.75, 3.05) is 4.90 Å². The Morgan fingerprint density at radius 2 is 1.64 bits per heavy atom. The van der Waals surface area contributed by atoms with Gasteiger partial charge >= 0.3 is 12.2 Å². The van der Waals surface area contributed by atoms with Gasteiger partial charge < -0.3 is 14.6 Å². The van der Waals surface area contributed by atoms with Gasteiger partial charge in [0.15, 0.2) is 5.82 Å². The van der Waals surface area contributed by atoms with Gasteiger partial charge in [-0.1, -0.05) is 11.6 Å². The van der Waals surface area contributed by atoms with Crippen molar-refractivity contribution >= 4 is 29.6 Å². The lowest BCUT2D eigenvalue weighted by molar-refractivity contribution is 0.0429. The number of hydrogen-bond donors (Lipinski definition) is 1. The number of carbonyl (C=O) groups is 2. The van der Waals surface area contributed by atoms with Crippen molar-refractivity contribution in [2.24, 2.45) is 0 Å². The summed E-state index contributed by atoms with van der Waals surface area (Å²) in [6.45, 7) is 10.2. The van der Waals surface area contributed by atoms with Crippen LogP contribution in [0.25, 0.3) is 0 Å². The molecular formula is C20H29ClN2O5. The Balaban J connectivity index is 2.36. The van der Waals surface area contributed by atoms with Crippen LogP contribution in [-0.2, 0) is 9.47 Å². The number of rotatable bonds is 2. The molecule has 156 valence electrons. The molecule has 2 rings (SSSR count). The quantitative estimate of drug-likeness (QED) is 0.731. The first-order chi connectivity index (χ1) is 12.8. The standard InChI is InChI=1S/C20H29ClN2O5/c1-19(2,3)27-17(25)23(18(26)28-20(4,5)6)16-15(21)10-13(11-22-16)12-7-8-14(24)9-12/h10-12,14,24H,7-9H2,1-6H3/t12-,14+/m1/s1.